The third-order valence-corrected chi connectivity index (χ3v) is 4.08. The Morgan fingerprint density at radius 1 is 1.09 bits per heavy atom. The zero-order chi connectivity index (χ0) is 16.2. The predicted octanol–water partition coefficient (Wildman–Crippen LogP) is 1.76. The van der Waals surface area contributed by atoms with Gasteiger partial charge in [0.2, 0.25) is 0 Å². The van der Waals surface area contributed by atoms with E-state index >= 15 is 0 Å². The van der Waals surface area contributed by atoms with Crippen LogP contribution in [0.2, 0.25) is 0 Å². The SMILES string of the molecule is COc1ncc(C(=O)N2CCN(c3ccccc3C)CC2)cn1. The van der Waals surface area contributed by atoms with Crippen LogP contribution in [0.1, 0.15) is 15.9 Å². The minimum atomic E-state index is -0.0305. The molecule has 0 spiro atoms. The number of nitrogens with zero attached hydrogens (tertiary/aromatic N) is 4. The first-order valence-electron chi connectivity index (χ1n) is 7.65. The molecule has 1 aliphatic heterocycles. The van der Waals surface area contributed by atoms with Gasteiger partial charge in [0.05, 0.1) is 12.7 Å². The molecule has 3 rings (SSSR count). The molecule has 1 aromatic heterocycles. The fourth-order valence-corrected chi connectivity index (χ4v) is 2.78. The molecule has 1 amide bonds. The van der Waals surface area contributed by atoms with Crippen LogP contribution < -0.4 is 9.64 Å². The van der Waals surface area contributed by atoms with E-state index in [1.165, 1.54) is 30.8 Å². The normalized spacial score (nSPS) is 14.7. The lowest BCUT2D eigenvalue weighted by molar-refractivity contribution is 0.0745. The first kappa shape index (κ1) is 15.3. The van der Waals surface area contributed by atoms with E-state index in [0.717, 1.165) is 13.1 Å². The molecule has 0 radical (unpaired) electrons. The van der Waals surface area contributed by atoms with Gasteiger partial charge in [-0.15, -0.1) is 0 Å². The highest BCUT2D eigenvalue weighted by atomic mass is 16.5. The van der Waals surface area contributed by atoms with Gasteiger partial charge in [-0.05, 0) is 18.6 Å². The average Bonchev–Trinajstić information content (AvgIpc) is 2.62. The quantitative estimate of drug-likeness (QED) is 0.864. The maximum Gasteiger partial charge on any atom is 0.316 e. The van der Waals surface area contributed by atoms with E-state index in [0.29, 0.717) is 18.7 Å². The second-order valence-electron chi connectivity index (χ2n) is 5.52. The maximum absolute atomic E-state index is 12.5. The molecule has 1 fully saturated rings. The lowest BCUT2D eigenvalue weighted by atomic mass is 10.1. The van der Waals surface area contributed by atoms with Crippen molar-refractivity contribution in [1.29, 1.82) is 0 Å². The van der Waals surface area contributed by atoms with Gasteiger partial charge in [-0.2, -0.15) is 0 Å². The van der Waals surface area contributed by atoms with Crippen molar-refractivity contribution >= 4 is 11.6 Å². The van der Waals surface area contributed by atoms with Crippen LogP contribution >= 0.6 is 0 Å². The van der Waals surface area contributed by atoms with Crippen molar-refractivity contribution in [2.75, 3.05) is 38.2 Å². The molecule has 0 atom stereocenters. The van der Waals surface area contributed by atoms with Gasteiger partial charge in [-0.1, -0.05) is 18.2 Å². The number of hydrogen-bond donors (Lipinski definition) is 0. The lowest BCUT2D eigenvalue weighted by Crippen LogP contribution is -2.49. The van der Waals surface area contributed by atoms with E-state index in [2.05, 4.69) is 40.0 Å². The smallest absolute Gasteiger partial charge is 0.316 e. The van der Waals surface area contributed by atoms with Crippen molar-refractivity contribution in [1.82, 2.24) is 14.9 Å². The summed E-state index contributed by atoms with van der Waals surface area (Å²) in [5.41, 5.74) is 3.00. The summed E-state index contributed by atoms with van der Waals surface area (Å²) in [5, 5.41) is 0. The van der Waals surface area contributed by atoms with Crippen LogP contribution in [0, 0.1) is 6.92 Å². The molecule has 1 aromatic carbocycles. The standard InChI is InChI=1S/C17H20N4O2/c1-13-5-3-4-6-15(13)20-7-9-21(10-8-20)16(22)14-11-18-17(23-2)19-12-14/h3-6,11-12H,7-10H2,1-2H3. The number of rotatable bonds is 3. The highest BCUT2D eigenvalue weighted by Crippen LogP contribution is 2.21. The molecule has 1 aliphatic rings. The van der Waals surface area contributed by atoms with Crippen LogP contribution in [-0.4, -0.2) is 54.1 Å². The Balaban J connectivity index is 1.64. The van der Waals surface area contributed by atoms with Gasteiger partial charge in [0, 0.05) is 44.3 Å². The zero-order valence-corrected chi connectivity index (χ0v) is 13.4. The van der Waals surface area contributed by atoms with Gasteiger partial charge in [0.15, 0.2) is 0 Å². The topological polar surface area (TPSA) is 58.6 Å². The molecule has 120 valence electrons. The van der Waals surface area contributed by atoms with E-state index < -0.39 is 0 Å². The minimum absolute atomic E-state index is 0.0305. The summed E-state index contributed by atoms with van der Waals surface area (Å²) in [7, 11) is 1.50. The van der Waals surface area contributed by atoms with Crippen LogP contribution in [0.5, 0.6) is 6.01 Å². The maximum atomic E-state index is 12.5. The molecule has 0 unspecified atom stereocenters. The molecule has 2 aromatic rings. The molecule has 23 heavy (non-hydrogen) atoms. The van der Waals surface area contributed by atoms with Crippen LogP contribution in [0.4, 0.5) is 5.69 Å². The second kappa shape index (κ2) is 6.64. The Bertz CT molecular complexity index is 679. The van der Waals surface area contributed by atoms with Crippen LogP contribution in [0.15, 0.2) is 36.7 Å². The molecule has 1 saturated heterocycles. The number of carbonyl (C=O) groups excluding carboxylic acids is 1. The van der Waals surface area contributed by atoms with Crippen molar-refractivity contribution in [3.05, 3.63) is 47.8 Å². The van der Waals surface area contributed by atoms with E-state index in [-0.39, 0.29) is 11.9 Å². The number of amides is 1. The first-order valence-corrected chi connectivity index (χ1v) is 7.65. The Hall–Kier alpha value is -2.63. The molecule has 0 N–H and O–H groups in total. The van der Waals surface area contributed by atoms with Crippen molar-refractivity contribution < 1.29 is 9.53 Å². The Morgan fingerprint density at radius 2 is 1.74 bits per heavy atom. The third-order valence-electron chi connectivity index (χ3n) is 4.08. The minimum Gasteiger partial charge on any atom is -0.467 e. The van der Waals surface area contributed by atoms with E-state index in [9.17, 15) is 4.79 Å². The number of carbonyl (C=O) groups is 1. The van der Waals surface area contributed by atoms with Crippen LogP contribution in [0.25, 0.3) is 0 Å². The number of anilines is 1. The summed E-state index contributed by atoms with van der Waals surface area (Å²) in [6.45, 7) is 5.15. The van der Waals surface area contributed by atoms with Gasteiger partial charge in [0.1, 0.15) is 0 Å². The van der Waals surface area contributed by atoms with Crippen molar-refractivity contribution in [3.8, 4) is 6.01 Å². The number of para-hydroxylation sites is 1. The summed E-state index contributed by atoms with van der Waals surface area (Å²) >= 11 is 0. The molecule has 2 heterocycles. The number of aryl methyl sites for hydroxylation is 1. The summed E-state index contributed by atoms with van der Waals surface area (Å²) in [4.78, 5) is 24.7. The van der Waals surface area contributed by atoms with E-state index in [1.54, 1.807) is 0 Å². The number of ether oxygens (including phenoxy) is 1. The number of piperazine rings is 1. The van der Waals surface area contributed by atoms with Gasteiger partial charge in [-0.3, -0.25) is 4.79 Å². The summed E-state index contributed by atoms with van der Waals surface area (Å²) in [6, 6.07) is 8.61. The van der Waals surface area contributed by atoms with E-state index in [4.69, 9.17) is 4.74 Å². The average molecular weight is 312 g/mol. The van der Waals surface area contributed by atoms with Crippen molar-refractivity contribution in [2.45, 2.75) is 6.92 Å². The third kappa shape index (κ3) is 3.26. The van der Waals surface area contributed by atoms with Crippen LogP contribution in [0.3, 0.4) is 0 Å². The Kier molecular flexibility index (Phi) is 4.41. The lowest BCUT2D eigenvalue weighted by Gasteiger charge is -2.36. The molecule has 0 bridgehead atoms. The van der Waals surface area contributed by atoms with Gasteiger partial charge < -0.3 is 14.5 Å². The Labute approximate surface area is 135 Å². The molecular weight excluding hydrogens is 292 g/mol. The molecule has 6 nitrogen and oxygen atoms in total. The summed E-state index contributed by atoms with van der Waals surface area (Å²) in [5.74, 6) is -0.0305. The van der Waals surface area contributed by atoms with Crippen molar-refractivity contribution in [2.24, 2.45) is 0 Å². The zero-order valence-electron chi connectivity index (χ0n) is 13.4. The van der Waals surface area contributed by atoms with Gasteiger partial charge in [-0.25, -0.2) is 9.97 Å². The summed E-state index contributed by atoms with van der Waals surface area (Å²) < 4.78 is 4.91. The monoisotopic (exact) mass is 312 g/mol. The largest absolute Gasteiger partial charge is 0.467 e. The molecular formula is C17H20N4O2. The highest BCUT2D eigenvalue weighted by molar-refractivity contribution is 5.93. The number of benzene rings is 1. The highest BCUT2D eigenvalue weighted by Gasteiger charge is 2.23. The van der Waals surface area contributed by atoms with Crippen molar-refractivity contribution in [3.63, 3.8) is 0 Å². The number of methoxy groups -OCH3 is 1. The fraction of sp³-hybridized carbons (Fsp3) is 0.353. The molecule has 6 heteroatoms. The number of aromatic nitrogens is 2. The van der Waals surface area contributed by atoms with Crippen LogP contribution in [-0.2, 0) is 0 Å². The second-order valence-corrected chi connectivity index (χ2v) is 5.52. The van der Waals surface area contributed by atoms with Gasteiger partial charge in [0.25, 0.3) is 5.91 Å². The number of hydrogen-bond acceptors (Lipinski definition) is 5. The predicted molar refractivity (Wildman–Crippen MR) is 87.9 cm³/mol. The fourth-order valence-electron chi connectivity index (χ4n) is 2.78. The van der Waals surface area contributed by atoms with E-state index in [1.807, 2.05) is 11.0 Å². The molecule has 0 saturated carbocycles. The van der Waals surface area contributed by atoms with Gasteiger partial charge >= 0.3 is 6.01 Å². The first-order chi connectivity index (χ1) is 11.2. The Morgan fingerprint density at radius 3 is 2.35 bits per heavy atom. The molecule has 0 aliphatic carbocycles. The summed E-state index contributed by atoms with van der Waals surface area (Å²) in [6.07, 6.45) is 3.03.